The lowest BCUT2D eigenvalue weighted by Crippen LogP contribution is -2.21. The van der Waals surface area contributed by atoms with Gasteiger partial charge >= 0.3 is 0 Å². The Morgan fingerprint density at radius 3 is 3.05 bits per heavy atom. The van der Waals surface area contributed by atoms with E-state index in [2.05, 4.69) is 38.8 Å². The minimum absolute atomic E-state index is 0.199. The predicted octanol–water partition coefficient (Wildman–Crippen LogP) is 2.22. The Hall–Kier alpha value is -2.63. The van der Waals surface area contributed by atoms with Gasteiger partial charge in [0.15, 0.2) is 0 Å². The minimum Gasteiger partial charge on any atom is -0.384 e. The Morgan fingerprint density at radius 2 is 2.19 bits per heavy atom. The van der Waals surface area contributed by atoms with Gasteiger partial charge in [0.25, 0.3) is 0 Å². The van der Waals surface area contributed by atoms with Gasteiger partial charge in [0.05, 0.1) is 5.92 Å². The first-order valence-corrected chi connectivity index (χ1v) is 6.95. The van der Waals surface area contributed by atoms with Crippen LogP contribution in [-0.2, 0) is 13.5 Å². The topological polar surface area (TPSA) is 68.8 Å². The van der Waals surface area contributed by atoms with E-state index in [0.717, 1.165) is 18.7 Å². The zero-order chi connectivity index (χ0) is 14.2. The average Bonchev–Trinajstić information content (AvgIpc) is 3.15. The average molecular weight is 281 g/mol. The molecule has 1 N–H and O–H groups in total. The lowest BCUT2D eigenvalue weighted by atomic mass is 9.94. The molecular weight excluding hydrogens is 266 g/mol. The van der Waals surface area contributed by atoms with Crippen LogP contribution in [0.3, 0.4) is 0 Å². The van der Waals surface area contributed by atoms with E-state index in [1.54, 1.807) is 4.68 Å². The van der Waals surface area contributed by atoms with Gasteiger partial charge in [0, 0.05) is 25.5 Å². The van der Waals surface area contributed by atoms with Gasteiger partial charge in [-0.05, 0) is 24.1 Å². The highest BCUT2D eigenvalue weighted by Gasteiger charge is 2.25. The van der Waals surface area contributed by atoms with E-state index in [1.807, 2.05) is 25.4 Å². The molecule has 3 heterocycles. The molecule has 0 radical (unpaired) electrons. The molecule has 6 heteroatoms. The van der Waals surface area contributed by atoms with E-state index in [1.165, 1.54) is 11.3 Å². The standard InChI is InChI=1S/C15H15N5O/c1-20-7-6-13(18-20)14-17-15(21-19-14)11-8-10-4-2-3-5-12(10)16-9-11/h2-7,11,16H,8-9H2,1H3. The normalized spacial score (nSPS) is 17.3. The number of rotatable bonds is 2. The number of nitrogens with one attached hydrogen (secondary N) is 1. The zero-order valence-electron chi connectivity index (χ0n) is 11.7. The molecule has 0 fully saturated rings. The fourth-order valence-corrected chi connectivity index (χ4v) is 2.66. The van der Waals surface area contributed by atoms with Crippen molar-refractivity contribution in [2.45, 2.75) is 12.3 Å². The molecule has 1 aliphatic rings. The summed E-state index contributed by atoms with van der Waals surface area (Å²) in [7, 11) is 1.87. The van der Waals surface area contributed by atoms with E-state index >= 15 is 0 Å². The highest BCUT2D eigenvalue weighted by molar-refractivity contribution is 5.54. The third-order valence-corrected chi connectivity index (χ3v) is 3.76. The quantitative estimate of drug-likeness (QED) is 0.780. The Morgan fingerprint density at radius 1 is 1.29 bits per heavy atom. The molecule has 6 nitrogen and oxygen atoms in total. The van der Waals surface area contributed by atoms with Crippen molar-refractivity contribution in [1.82, 2.24) is 19.9 Å². The number of hydrogen-bond acceptors (Lipinski definition) is 5. The van der Waals surface area contributed by atoms with Crippen molar-refractivity contribution in [3.05, 3.63) is 48.0 Å². The van der Waals surface area contributed by atoms with Gasteiger partial charge in [-0.25, -0.2) is 0 Å². The molecule has 1 unspecified atom stereocenters. The summed E-state index contributed by atoms with van der Waals surface area (Å²) in [5.41, 5.74) is 3.21. The van der Waals surface area contributed by atoms with E-state index < -0.39 is 0 Å². The molecule has 0 saturated carbocycles. The number of hydrogen-bond donors (Lipinski definition) is 1. The zero-order valence-corrected chi connectivity index (χ0v) is 11.7. The first-order valence-electron chi connectivity index (χ1n) is 6.95. The van der Waals surface area contributed by atoms with E-state index in [4.69, 9.17) is 4.52 Å². The van der Waals surface area contributed by atoms with Crippen molar-refractivity contribution in [2.24, 2.45) is 7.05 Å². The monoisotopic (exact) mass is 281 g/mol. The number of aromatic nitrogens is 4. The lowest BCUT2D eigenvalue weighted by molar-refractivity contribution is 0.354. The predicted molar refractivity (Wildman–Crippen MR) is 77.9 cm³/mol. The van der Waals surface area contributed by atoms with Crippen molar-refractivity contribution >= 4 is 5.69 Å². The van der Waals surface area contributed by atoms with Gasteiger partial charge in [0.2, 0.25) is 11.7 Å². The van der Waals surface area contributed by atoms with Crippen molar-refractivity contribution < 1.29 is 4.52 Å². The van der Waals surface area contributed by atoms with Gasteiger partial charge in [-0.1, -0.05) is 23.4 Å². The molecule has 0 amide bonds. The SMILES string of the molecule is Cn1ccc(-c2noc(C3CNc4ccccc4C3)n2)n1. The van der Waals surface area contributed by atoms with Crippen LogP contribution in [0, 0.1) is 0 Å². The highest BCUT2D eigenvalue weighted by Crippen LogP contribution is 2.30. The van der Waals surface area contributed by atoms with Crippen LogP contribution in [0.2, 0.25) is 0 Å². The van der Waals surface area contributed by atoms with Gasteiger partial charge < -0.3 is 9.84 Å². The Balaban J connectivity index is 1.60. The first-order chi connectivity index (χ1) is 10.3. The van der Waals surface area contributed by atoms with Crippen LogP contribution in [-0.4, -0.2) is 26.5 Å². The second kappa shape index (κ2) is 4.73. The van der Waals surface area contributed by atoms with Crippen LogP contribution < -0.4 is 5.32 Å². The molecule has 0 bridgehead atoms. The lowest BCUT2D eigenvalue weighted by Gasteiger charge is -2.23. The molecule has 2 aromatic heterocycles. The number of fused-ring (bicyclic) bond motifs is 1. The number of nitrogens with zero attached hydrogens (tertiary/aromatic N) is 4. The summed E-state index contributed by atoms with van der Waals surface area (Å²) in [5.74, 6) is 1.41. The largest absolute Gasteiger partial charge is 0.384 e. The van der Waals surface area contributed by atoms with Gasteiger partial charge in [0.1, 0.15) is 5.69 Å². The summed E-state index contributed by atoms with van der Waals surface area (Å²) in [6.07, 6.45) is 2.77. The number of benzene rings is 1. The maximum absolute atomic E-state index is 5.43. The Labute approximate surface area is 121 Å². The summed E-state index contributed by atoms with van der Waals surface area (Å²) in [4.78, 5) is 4.50. The fraction of sp³-hybridized carbons (Fsp3) is 0.267. The maximum atomic E-state index is 5.43. The van der Waals surface area contributed by atoms with Gasteiger partial charge in [-0.2, -0.15) is 10.1 Å². The molecular formula is C15H15N5O. The van der Waals surface area contributed by atoms with Crippen molar-refractivity contribution in [2.75, 3.05) is 11.9 Å². The number of para-hydroxylation sites is 1. The van der Waals surface area contributed by atoms with Gasteiger partial charge in [-0.15, -0.1) is 0 Å². The molecule has 0 aliphatic carbocycles. The first kappa shape index (κ1) is 12.1. The summed E-state index contributed by atoms with van der Waals surface area (Å²) < 4.78 is 7.16. The third-order valence-electron chi connectivity index (χ3n) is 3.76. The third kappa shape index (κ3) is 2.18. The fourth-order valence-electron chi connectivity index (χ4n) is 2.66. The molecule has 3 aromatic rings. The van der Waals surface area contributed by atoms with Crippen LogP contribution >= 0.6 is 0 Å². The van der Waals surface area contributed by atoms with Crippen LogP contribution in [0.5, 0.6) is 0 Å². The molecule has 0 spiro atoms. The summed E-state index contributed by atoms with van der Waals surface area (Å²) in [6.45, 7) is 0.806. The number of aryl methyl sites for hydroxylation is 1. The van der Waals surface area contributed by atoms with Crippen molar-refractivity contribution in [3.8, 4) is 11.5 Å². The van der Waals surface area contributed by atoms with E-state index in [-0.39, 0.29) is 5.92 Å². The van der Waals surface area contributed by atoms with Crippen LogP contribution in [0.15, 0.2) is 41.1 Å². The molecule has 106 valence electrons. The molecule has 21 heavy (non-hydrogen) atoms. The smallest absolute Gasteiger partial charge is 0.232 e. The molecule has 1 aromatic carbocycles. The second-order valence-corrected chi connectivity index (χ2v) is 5.27. The van der Waals surface area contributed by atoms with E-state index in [0.29, 0.717) is 11.7 Å². The highest BCUT2D eigenvalue weighted by atomic mass is 16.5. The summed E-state index contributed by atoms with van der Waals surface area (Å²) in [5, 5.41) is 11.7. The minimum atomic E-state index is 0.199. The molecule has 4 rings (SSSR count). The maximum Gasteiger partial charge on any atom is 0.232 e. The van der Waals surface area contributed by atoms with Gasteiger partial charge in [-0.3, -0.25) is 4.68 Å². The van der Waals surface area contributed by atoms with E-state index in [9.17, 15) is 0 Å². The molecule has 0 saturated heterocycles. The van der Waals surface area contributed by atoms with Crippen LogP contribution in [0.1, 0.15) is 17.4 Å². The summed E-state index contributed by atoms with van der Waals surface area (Å²) >= 11 is 0. The molecule has 1 aliphatic heterocycles. The van der Waals surface area contributed by atoms with Crippen molar-refractivity contribution in [1.29, 1.82) is 0 Å². The Kier molecular flexibility index (Phi) is 2.73. The van der Waals surface area contributed by atoms with Crippen LogP contribution in [0.4, 0.5) is 5.69 Å². The Bertz CT molecular complexity index is 776. The van der Waals surface area contributed by atoms with Crippen molar-refractivity contribution in [3.63, 3.8) is 0 Å². The summed E-state index contributed by atoms with van der Waals surface area (Å²) in [6, 6.07) is 10.2. The molecule has 1 atom stereocenters. The second-order valence-electron chi connectivity index (χ2n) is 5.27. The van der Waals surface area contributed by atoms with Crippen LogP contribution in [0.25, 0.3) is 11.5 Å². The number of anilines is 1.